The maximum atomic E-state index is 12.4. The van der Waals surface area contributed by atoms with Crippen molar-refractivity contribution in [1.29, 1.82) is 0 Å². The Kier molecular flexibility index (Phi) is 4.20. The molecule has 0 N–H and O–H groups in total. The van der Waals surface area contributed by atoms with Crippen LogP contribution in [0.4, 0.5) is 5.69 Å². The maximum absolute atomic E-state index is 12.4. The third-order valence-electron chi connectivity index (χ3n) is 3.45. The zero-order chi connectivity index (χ0) is 15.8. The molecule has 2 rings (SSSR count). The SMILES string of the molecule is CCC1CC(=O)N(S(=O)(=O)c2ccc(Cl)c([N+](=O)[O-])c2)C1. The zero-order valence-corrected chi connectivity index (χ0v) is 12.7. The molecular formula is C12H13ClN2O5S. The predicted octanol–water partition coefficient (Wildman–Crippen LogP) is 2.20. The van der Waals surface area contributed by atoms with Gasteiger partial charge in [0.25, 0.3) is 15.7 Å². The minimum atomic E-state index is -4.08. The first-order valence-electron chi connectivity index (χ1n) is 6.27. The van der Waals surface area contributed by atoms with E-state index in [1.54, 1.807) is 0 Å². The van der Waals surface area contributed by atoms with Crippen LogP contribution in [0.5, 0.6) is 0 Å². The Balaban J connectivity index is 2.43. The van der Waals surface area contributed by atoms with Gasteiger partial charge in [-0.15, -0.1) is 0 Å². The summed E-state index contributed by atoms with van der Waals surface area (Å²) in [6, 6.07) is 3.19. The van der Waals surface area contributed by atoms with Gasteiger partial charge in [-0.3, -0.25) is 14.9 Å². The molecule has 1 aromatic rings. The van der Waals surface area contributed by atoms with Gasteiger partial charge in [0, 0.05) is 19.0 Å². The number of benzene rings is 1. The Morgan fingerprint density at radius 2 is 2.14 bits per heavy atom. The number of nitro groups is 1. The lowest BCUT2D eigenvalue weighted by Crippen LogP contribution is -2.32. The second kappa shape index (κ2) is 5.61. The molecule has 0 bridgehead atoms. The quantitative estimate of drug-likeness (QED) is 0.621. The standard InChI is InChI=1S/C12H13ClN2O5S/c1-2-8-5-12(16)14(7-8)21(19,20)9-3-4-10(13)11(6-9)15(17)18/h3-4,6,8H,2,5,7H2,1H3. The third-order valence-corrected chi connectivity index (χ3v) is 5.55. The van der Waals surface area contributed by atoms with Crippen LogP contribution in [-0.2, 0) is 14.8 Å². The molecule has 1 aliphatic heterocycles. The average Bonchev–Trinajstić information content (AvgIpc) is 2.80. The van der Waals surface area contributed by atoms with Crippen molar-refractivity contribution in [2.24, 2.45) is 5.92 Å². The largest absolute Gasteiger partial charge is 0.289 e. The number of halogens is 1. The molecule has 0 saturated carbocycles. The van der Waals surface area contributed by atoms with Gasteiger partial charge in [0.05, 0.1) is 9.82 Å². The Bertz CT molecular complexity index is 704. The number of sulfonamides is 1. The van der Waals surface area contributed by atoms with Gasteiger partial charge < -0.3 is 0 Å². The minimum Gasteiger partial charge on any atom is -0.274 e. The van der Waals surface area contributed by atoms with Crippen LogP contribution >= 0.6 is 11.6 Å². The Morgan fingerprint density at radius 3 is 2.67 bits per heavy atom. The molecule has 9 heteroatoms. The van der Waals surface area contributed by atoms with Crippen LogP contribution in [0.25, 0.3) is 0 Å². The summed E-state index contributed by atoms with van der Waals surface area (Å²) < 4.78 is 25.6. The Hall–Kier alpha value is -1.67. The van der Waals surface area contributed by atoms with Crippen molar-refractivity contribution < 1.29 is 18.1 Å². The smallest absolute Gasteiger partial charge is 0.274 e. The van der Waals surface area contributed by atoms with E-state index in [1.807, 2.05) is 6.92 Å². The zero-order valence-electron chi connectivity index (χ0n) is 11.2. The normalized spacial score (nSPS) is 19.0. The van der Waals surface area contributed by atoms with E-state index in [9.17, 15) is 23.3 Å². The number of nitrogens with zero attached hydrogens (tertiary/aromatic N) is 2. The maximum Gasteiger partial charge on any atom is 0.289 e. The van der Waals surface area contributed by atoms with E-state index in [4.69, 9.17) is 11.6 Å². The fourth-order valence-corrected chi connectivity index (χ4v) is 3.87. The van der Waals surface area contributed by atoms with Gasteiger partial charge in [-0.05, 0) is 18.1 Å². The van der Waals surface area contributed by atoms with Crippen molar-refractivity contribution in [1.82, 2.24) is 4.31 Å². The van der Waals surface area contributed by atoms with E-state index in [-0.39, 0.29) is 28.8 Å². The summed E-state index contributed by atoms with van der Waals surface area (Å²) in [6.07, 6.45) is 0.865. The highest BCUT2D eigenvalue weighted by Crippen LogP contribution is 2.31. The molecule has 0 aromatic heterocycles. The first-order valence-corrected chi connectivity index (χ1v) is 8.08. The number of carbonyl (C=O) groups is 1. The second-order valence-corrected chi connectivity index (χ2v) is 7.05. The molecule has 1 saturated heterocycles. The van der Waals surface area contributed by atoms with Crippen LogP contribution < -0.4 is 0 Å². The fraction of sp³-hybridized carbons (Fsp3) is 0.417. The van der Waals surface area contributed by atoms with Crippen LogP contribution in [-0.4, -0.2) is 30.1 Å². The summed E-state index contributed by atoms with van der Waals surface area (Å²) in [7, 11) is -4.08. The third kappa shape index (κ3) is 2.86. The van der Waals surface area contributed by atoms with Crippen LogP contribution in [0.1, 0.15) is 19.8 Å². The van der Waals surface area contributed by atoms with Gasteiger partial charge in [-0.1, -0.05) is 24.9 Å². The monoisotopic (exact) mass is 332 g/mol. The summed E-state index contributed by atoms with van der Waals surface area (Å²) in [6.45, 7) is 1.98. The molecule has 1 atom stereocenters. The van der Waals surface area contributed by atoms with Gasteiger partial charge >= 0.3 is 0 Å². The number of rotatable bonds is 4. The van der Waals surface area contributed by atoms with Crippen LogP contribution in [0.2, 0.25) is 5.02 Å². The Labute approximate surface area is 126 Å². The lowest BCUT2D eigenvalue weighted by Gasteiger charge is -2.16. The fourth-order valence-electron chi connectivity index (χ4n) is 2.18. The van der Waals surface area contributed by atoms with Crippen molar-refractivity contribution in [2.45, 2.75) is 24.7 Å². The first kappa shape index (κ1) is 15.7. The van der Waals surface area contributed by atoms with Gasteiger partial charge in [-0.2, -0.15) is 0 Å². The lowest BCUT2D eigenvalue weighted by molar-refractivity contribution is -0.384. The molecule has 21 heavy (non-hydrogen) atoms. The van der Waals surface area contributed by atoms with Crippen molar-refractivity contribution in [3.8, 4) is 0 Å². The van der Waals surface area contributed by atoms with Crippen LogP contribution in [0, 0.1) is 16.0 Å². The molecule has 1 aliphatic rings. The highest BCUT2D eigenvalue weighted by Gasteiger charge is 2.38. The van der Waals surface area contributed by atoms with E-state index in [2.05, 4.69) is 0 Å². The molecule has 114 valence electrons. The van der Waals surface area contributed by atoms with Crippen LogP contribution in [0.3, 0.4) is 0 Å². The summed E-state index contributed by atoms with van der Waals surface area (Å²) in [5, 5.41) is 10.7. The molecule has 1 aromatic carbocycles. The minimum absolute atomic E-state index is 0.0189. The van der Waals surface area contributed by atoms with E-state index >= 15 is 0 Å². The molecule has 0 aliphatic carbocycles. The topological polar surface area (TPSA) is 97.6 Å². The molecule has 7 nitrogen and oxygen atoms in total. The summed E-state index contributed by atoms with van der Waals surface area (Å²) >= 11 is 5.66. The highest BCUT2D eigenvalue weighted by molar-refractivity contribution is 7.89. The van der Waals surface area contributed by atoms with Crippen molar-refractivity contribution in [3.05, 3.63) is 33.3 Å². The van der Waals surface area contributed by atoms with Gasteiger partial charge in [0.1, 0.15) is 5.02 Å². The molecule has 1 unspecified atom stereocenters. The number of carbonyl (C=O) groups excluding carboxylic acids is 1. The average molecular weight is 333 g/mol. The van der Waals surface area contributed by atoms with E-state index in [0.29, 0.717) is 6.42 Å². The number of hydrogen-bond donors (Lipinski definition) is 0. The number of nitro benzene ring substituents is 1. The number of hydrogen-bond acceptors (Lipinski definition) is 5. The van der Waals surface area contributed by atoms with E-state index < -0.39 is 26.5 Å². The molecule has 1 fully saturated rings. The van der Waals surface area contributed by atoms with Gasteiger partial charge in [-0.25, -0.2) is 12.7 Å². The van der Waals surface area contributed by atoms with Gasteiger partial charge in [0.2, 0.25) is 5.91 Å². The van der Waals surface area contributed by atoms with Gasteiger partial charge in [0.15, 0.2) is 0 Å². The first-order chi connectivity index (χ1) is 9.77. The van der Waals surface area contributed by atoms with Crippen molar-refractivity contribution in [2.75, 3.05) is 6.54 Å². The van der Waals surface area contributed by atoms with Crippen molar-refractivity contribution >= 4 is 33.2 Å². The summed E-state index contributed by atoms with van der Waals surface area (Å²) in [4.78, 5) is 21.6. The Morgan fingerprint density at radius 1 is 1.48 bits per heavy atom. The molecule has 1 heterocycles. The summed E-state index contributed by atoms with van der Waals surface area (Å²) in [5.74, 6) is -0.506. The molecule has 0 radical (unpaired) electrons. The van der Waals surface area contributed by atoms with Crippen molar-refractivity contribution in [3.63, 3.8) is 0 Å². The predicted molar refractivity (Wildman–Crippen MR) is 75.4 cm³/mol. The molecule has 1 amide bonds. The molecule has 0 spiro atoms. The second-order valence-electron chi connectivity index (χ2n) is 4.78. The van der Waals surface area contributed by atoms with E-state index in [0.717, 1.165) is 22.5 Å². The highest BCUT2D eigenvalue weighted by atomic mass is 35.5. The van der Waals surface area contributed by atoms with Crippen LogP contribution in [0.15, 0.2) is 23.1 Å². The van der Waals surface area contributed by atoms with E-state index in [1.165, 1.54) is 0 Å². The summed E-state index contributed by atoms with van der Waals surface area (Å²) in [5.41, 5.74) is -0.503. The molecular weight excluding hydrogens is 320 g/mol. The lowest BCUT2D eigenvalue weighted by atomic mass is 10.1. The number of amides is 1.